The van der Waals surface area contributed by atoms with Crippen LogP contribution in [0.3, 0.4) is 0 Å². The third-order valence-corrected chi connectivity index (χ3v) is 4.43. The fourth-order valence-corrected chi connectivity index (χ4v) is 2.90. The summed E-state index contributed by atoms with van der Waals surface area (Å²) in [4.78, 5) is 5.07. The minimum atomic E-state index is 0.933. The molecule has 1 aromatic carbocycles. The van der Waals surface area contributed by atoms with Crippen molar-refractivity contribution < 1.29 is 4.74 Å². The smallest absolute Gasteiger partial charge is 0.119 e. The van der Waals surface area contributed by atoms with E-state index in [1.807, 2.05) is 6.07 Å². The molecule has 1 aromatic rings. The van der Waals surface area contributed by atoms with E-state index < -0.39 is 0 Å². The molecule has 1 fully saturated rings. The number of rotatable bonds is 5. The van der Waals surface area contributed by atoms with Gasteiger partial charge in [-0.15, -0.1) is 0 Å². The van der Waals surface area contributed by atoms with Gasteiger partial charge in [-0.3, -0.25) is 4.90 Å². The lowest BCUT2D eigenvalue weighted by Gasteiger charge is -2.34. The quantitative estimate of drug-likeness (QED) is 0.827. The molecule has 1 saturated heterocycles. The molecule has 0 aromatic heterocycles. The molecule has 1 aliphatic heterocycles. The van der Waals surface area contributed by atoms with Crippen LogP contribution in [0, 0.1) is 0 Å². The molecular formula is C15H23BrN2O. The van der Waals surface area contributed by atoms with Gasteiger partial charge in [0.25, 0.3) is 0 Å². The van der Waals surface area contributed by atoms with Crippen molar-refractivity contribution in [2.24, 2.45) is 0 Å². The Morgan fingerprint density at radius 2 is 1.84 bits per heavy atom. The first-order valence-electron chi connectivity index (χ1n) is 7.00. The summed E-state index contributed by atoms with van der Waals surface area (Å²) >= 11 is 3.63. The summed E-state index contributed by atoms with van der Waals surface area (Å²) < 4.78 is 6.47. The monoisotopic (exact) mass is 326 g/mol. The highest BCUT2D eigenvalue weighted by atomic mass is 79.9. The topological polar surface area (TPSA) is 15.7 Å². The van der Waals surface area contributed by atoms with Gasteiger partial charge in [-0.1, -0.05) is 22.9 Å². The maximum Gasteiger partial charge on any atom is 0.119 e. The van der Waals surface area contributed by atoms with E-state index in [9.17, 15) is 0 Å². The van der Waals surface area contributed by atoms with E-state index in [4.69, 9.17) is 4.74 Å². The number of nitrogens with zero attached hydrogens (tertiary/aromatic N) is 2. The summed E-state index contributed by atoms with van der Waals surface area (Å²) in [6.45, 7) is 9.17. The van der Waals surface area contributed by atoms with Crippen LogP contribution in [0.15, 0.2) is 22.7 Å². The van der Waals surface area contributed by atoms with Crippen LogP contribution in [-0.2, 0) is 6.54 Å². The first-order chi connectivity index (χ1) is 9.22. The van der Waals surface area contributed by atoms with Crippen molar-refractivity contribution in [3.8, 4) is 5.75 Å². The normalized spacial score (nSPS) is 17.6. The van der Waals surface area contributed by atoms with Crippen molar-refractivity contribution >= 4 is 15.9 Å². The van der Waals surface area contributed by atoms with Crippen LogP contribution in [-0.4, -0.2) is 49.6 Å². The molecule has 0 N–H and O–H groups in total. The molecule has 19 heavy (non-hydrogen) atoms. The van der Waals surface area contributed by atoms with Gasteiger partial charge in [0.2, 0.25) is 0 Å². The van der Waals surface area contributed by atoms with Gasteiger partial charge in [0.1, 0.15) is 5.75 Å². The lowest BCUT2D eigenvalue weighted by Crippen LogP contribution is -2.46. The Kier molecular flexibility index (Phi) is 5.67. The van der Waals surface area contributed by atoms with Crippen molar-refractivity contribution in [1.82, 2.24) is 9.80 Å². The van der Waals surface area contributed by atoms with Crippen molar-refractivity contribution in [2.75, 3.05) is 39.8 Å². The Hall–Kier alpha value is -0.580. The number of hydrogen-bond donors (Lipinski definition) is 0. The lowest BCUT2D eigenvalue weighted by molar-refractivity contribution is 0.127. The maximum atomic E-state index is 5.30. The molecular weight excluding hydrogens is 304 g/mol. The van der Waals surface area contributed by atoms with Crippen LogP contribution >= 0.6 is 15.9 Å². The van der Waals surface area contributed by atoms with E-state index >= 15 is 0 Å². The average Bonchev–Trinajstić information content (AvgIpc) is 2.44. The van der Waals surface area contributed by atoms with Crippen molar-refractivity contribution in [3.63, 3.8) is 0 Å². The lowest BCUT2D eigenvalue weighted by atomic mass is 10.2. The molecule has 0 spiro atoms. The summed E-state index contributed by atoms with van der Waals surface area (Å²) in [7, 11) is 1.72. The van der Waals surface area contributed by atoms with Gasteiger partial charge in [0.05, 0.1) is 7.11 Å². The van der Waals surface area contributed by atoms with Gasteiger partial charge >= 0.3 is 0 Å². The Bertz CT molecular complexity index is 403. The molecule has 0 atom stereocenters. The number of benzene rings is 1. The van der Waals surface area contributed by atoms with Crippen LogP contribution in [0.4, 0.5) is 0 Å². The highest BCUT2D eigenvalue weighted by molar-refractivity contribution is 9.10. The molecule has 4 heteroatoms. The molecule has 0 amide bonds. The molecule has 2 rings (SSSR count). The molecule has 0 radical (unpaired) electrons. The molecule has 0 aliphatic carbocycles. The van der Waals surface area contributed by atoms with Crippen LogP contribution in [0.5, 0.6) is 5.75 Å². The molecule has 0 unspecified atom stereocenters. The van der Waals surface area contributed by atoms with E-state index in [-0.39, 0.29) is 0 Å². The van der Waals surface area contributed by atoms with E-state index in [1.54, 1.807) is 7.11 Å². The zero-order valence-corrected chi connectivity index (χ0v) is 13.4. The second-order valence-electron chi connectivity index (χ2n) is 5.08. The number of ether oxygens (including phenoxy) is 1. The minimum absolute atomic E-state index is 0.933. The van der Waals surface area contributed by atoms with E-state index in [2.05, 4.69) is 44.8 Å². The molecule has 1 aliphatic rings. The highest BCUT2D eigenvalue weighted by Gasteiger charge is 2.17. The van der Waals surface area contributed by atoms with Crippen LogP contribution < -0.4 is 4.74 Å². The number of piperazine rings is 1. The Labute approximate surface area is 124 Å². The molecule has 3 nitrogen and oxygen atoms in total. The standard InChI is InChI=1S/C15H23BrN2O/c1-3-6-17-7-9-18(10-8-17)12-13-11-14(19-2)4-5-15(13)16/h4-5,11H,3,6-10,12H2,1-2H3. The third kappa shape index (κ3) is 4.20. The Morgan fingerprint density at radius 1 is 1.16 bits per heavy atom. The van der Waals surface area contributed by atoms with Crippen LogP contribution in [0.1, 0.15) is 18.9 Å². The summed E-state index contributed by atoms with van der Waals surface area (Å²) in [6, 6.07) is 6.19. The second kappa shape index (κ2) is 7.27. The number of hydrogen-bond acceptors (Lipinski definition) is 3. The second-order valence-corrected chi connectivity index (χ2v) is 5.93. The molecule has 0 saturated carbocycles. The first kappa shape index (κ1) is 14.8. The van der Waals surface area contributed by atoms with Crippen LogP contribution in [0.25, 0.3) is 0 Å². The Morgan fingerprint density at radius 3 is 2.47 bits per heavy atom. The van der Waals surface area contributed by atoms with Gasteiger partial charge in [0.15, 0.2) is 0 Å². The van der Waals surface area contributed by atoms with Gasteiger partial charge in [-0.25, -0.2) is 0 Å². The predicted octanol–water partition coefficient (Wildman–Crippen LogP) is 2.99. The predicted molar refractivity (Wildman–Crippen MR) is 82.7 cm³/mol. The average molecular weight is 327 g/mol. The van der Waals surface area contributed by atoms with Gasteiger partial charge in [0, 0.05) is 37.2 Å². The molecule has 0 bridgehead atoms. The SMILES string of the molecule is CCCN1CCN(Cc2cc(OC)ccc2Br)CC1. The summed E-state index contributed by atoms with van der Waals surface area (Å²) in [5.74, 6) is 0.933. The largest absolute Gasteiger partial charge is 0.497 e. The Balaban J connectivity index is 1.91. The van der Waals surface area contributed by atoms with Crippen LogP contribution in [0.2, 0.25) is 0 Å². The van der Waals surface area contributed by atoms with Gasteiger partial charge in [-0.2, -0.15) is 0 Å². The fraction of sp³-hybridized carbons (Fsp3) is 0.600. The highest BCUT2D eigenvalue weighted by Crippen LogP contribution is 2.24. The van der Waals surface area contributed by atoms with Crippen molar-refractivity contribution in [2.45, 2.75) is 19.9 Å². The van der Waals surface area contributed by atoms with Crippen molar-refractivity contribution in [3.05, 3.63) is 28.2 Å². The summed E-state index contributed by atoms with van der Waals surface area (Å²) in [5.41, 5.74) is 1.31. The van der Waals surface area contributed by atoms with E-state index in [0.717, 1.165) is 25.4 Å². The molecule has 1 heterocycles. The molecule has 106 valence electrons. The maximum absolute atomic E-state index is 5.30. The van der Waals surface area contributed by atoms with E-state index in [0.29, 0.717) is 0 Å². The summed E-state index contributed by atoms with van der Waals surface area (Å²) in [5, 5.41) is 0. The summed E-state index contributed by atoms with van der Waals surface area (Å²) in [6.07, 6.45) is 1.25. The fourth-order valence-electron chi connectivity index (χ4n) is 2.53. The van der Waals surface area contributed by atoms with Crippen molar-refractivity contribution in [1.29, 1.82) is 0 Å². The number of halogens is 1. The zero-order chi connectivity index (χ0) is 13.7. The third-order valence-electron chi connectivity index (χ3n) is 3.65. The van der Waals surface area contributed by atoms with E-state index in [1.165, 1.54) is 36.1 Å². The van der Waals surface area contributed by atoms with Gasteiger partial charge < -0.3 is 9.64 Å². The van der Waals surface area contributed by atoms with Gasteiger partial charge in [-0.05, 0) is 36.7 Å². The minimum Gasteiger partial charge on any atom is -0.497 e. The first-order valence-corrected chi connectivity index (χ1v) is 7.79. The zero-order valence-electron chi connectivity index (χ0n) is 11.9. The number of methoxy groups -OCH3 is 1.